The molecule has 1 aromatic rings. The SMILES string of the molecule is CNC(=O)ON(Cc1ccccc1Cl)C(=O)C1(C)CCCC1OC(C)=O. The van der Waals surface area contributed by atoms with Crippen LogP contribution in [0.5, 0.6) is 0 Å². The van der Waals surface area contributed by atoms with Gasteiger partial charge in [-0.2, -0.15) is 5.06 Å². The van der Waals surface area contributed by atoms with Gasteiger partial charge in [0, 0.05) is 19.0 Å². The number of benzene rings is 1. The second-order valence-electron chi connectivity index (χ2n) is 6.47. The maximum absolute atomic E-state index is 13.2. The van der Waals surface area contributed by atoms with Crippen molar-refractivity contribution in [1.82, 2.24) is 10.4 Å². The summed E-state index contributed by atoms with van der Waals surface area (Å²) in [6.07, 6.45) is 0.521. The molecule has 0 saturated heterocycles. The molecule has 0 aromatic heterocycles. The van der Waals surface area contributed by atoms with E-state index in [1.54, 1.807) is 31.2 Å². The Bertz CT molecular complexity index is 696. The van der Waals surface area contributed by atoms with Crippen molar-refractivity contribution in [1.29, 1.82) is 0 Å². The molecule has 0 heterocycles. The lowest BCUT2D eigenvalue weighted by atomic mass is 9.85. The van der Waals surface area contributed by atoms with Crippen LogP contribution in [0.3, 0.4) is 0 Å². The predicted molar refractivity (Wildman–Crippen MR) is 95.1 cm³/mol. The molecule has 8 heteroatoms. The molecule has 0 aliphatic heterocycles. The van der Waals surface area contributed by atoms with Crippen LogP contribution in [0.25, 0.3) is 0 Å². The second kappa shape index (κ2) is 8.40. The van der Waals surface area contributed by atoms with E-state index in [0.717, 1.165) is 11.5 Å². The number of carbonyl (C=O) groups excluding carboxylic acids is 3. The summed E-state index contributed by atoms with van der Waals surface area (Å²) in [5, 5.41) is 3.77. The van der Waals surface area contributed by atoms with Crippen molar-refractivity contribution in [3.8, 4) is 0 Å². The number of halogens is 1. The van der Waals surface area contributed by atoms with E-state index >= 15 is 0 Å². The fraction of sp³-hybridized carbons (Fsp3) is 0.500. The molecular weight excluding hydrogens is 360 g/mol. The van der Waals surface area contributed by atoms with Gasteiger partial charge in [-0.05, 0) is 37.8 Å². The zero-order valence-corrected chi connectivity index (χ0v) is 15.8. The maximum atomic E-state index is 13.2. The van der Waals surface area contributed by atoms with Crippen LogP contribution in [-0.2, 0) is 25.7 Å². The van der Waals surface area contributed by atoms with Crippen LogP contribution in [0, 0.1) is 5.41 Å². The number of hydrogen-bond acceptors (Lipinski definition) is 5. The summed E-state index contributed by atoms with van der Waals surface area (Å²) in [6, 6.07) is 6.99. The number of nitrogens with one attached hydrogen (secondary N) is 1. The van der Waals surface area contributed by atoms with Gasteiger partial charge in [-0.1, -0.05) is 29.8 Å². The molecule has 0 spiro atoms. The molecule has 2 rings (SSSR count). The third-order valence-corrected chi connectivity index (χ3v) is 4.93. The highest BCUT2D eigenvalue weighted by atomic mass is 35.5. The zero-order valence-electron chi connectivity index (χ0n) is 15.1. The summed E-state index contributed by atoms with van der Waals surface area (Å²) >= 11 is 6.17. The average Bonchev–Trinajstić information content (AvgIpc) is 2.96. The lowest BCUT2D eigenvalue weighted by molar-refractivity contribution is -0.187. The van der Waals surface area contributed by atoms with E-state index in [9.17, 15) is 14.4 Å². The fourth-order valence-corrected chi connectivity index (χ4v) is 3.32. The number of hydrogen-bond donors (Lipinski definition) is 1. The monoisotopic (exact) mass is 382 g/mol. The van der Waals surface area contributed by atoms with Crippen molar-refractivity contribution in [3.05, 3.63) is 34.9 Å². The summed E-state index contributed by atoms with van der Waals surface area (Å²) in [4.78, 5) is 41.5. The van der Waals surface area contributed by atoms with Gasteiger partial charge in [0.05, 0.1) is 12.0 Å². The lowest BCUT2D eigenvalue weighted by Crippen LogP contribution is -2.48. The number of nitrogens with zero attached hydrogens (tertiary/aromatic N) is 1. The minimum Gasteiger partial charge on any atom is -0.461 e. The Hall–Kier alpha value is -2.28. The average molecular weight is 383 g/mol. The fourth-order valence-electron chi connectivity index (χ4n) is 3.13. The quantitative estimate of drug-likeness (QED) is 0.639. The topological polar surface area (TPSA) is 84.9 Å². The first-order chi connectivity index (χ1) is 12.3. The van der Waals surface area contributed by atoms with Crippen molar-refractivity contribution in [2.24, 2.45) is 5.41 Å². The van der Waals surface area contributed by atoms with Gasteiger partial charge < -0.3 is 14.9 Å². The van der Waals surface area contributed by atoms with E-state index in [1.807, 2.05) is 0 Å². The van der Waals surface area contributed by atoms with Gasteiger partial charge in [0.25, 0.3) is 5.91 Å². The van der Waals surface area contributed by atoms with Crippen molar-refractivity contribution in [3.63, 3.8) is 0 Å². The van der Waals surface area contributed by atoms with Crippen LogP contribution in [-0.4, -0.2) is 36.2 Å². The summed E-state index contributed by atoms with van der Waals surface area (Å²) < 4.78 is 5.33. The molecule has 2 unspecified atom stereocenters. The summed E-state index contributed by atoms with van der Waals surface area (Å²) in [7, 11) is 1.40. The molecule has 1 saturated carbocycles. The maximum Gasteiger partial charge on any atom is 0.431 e. The number of rotatable bonds is 4. The number of amides is 2. The summed E-state index contributed by atoms with van der Waals surface area (Å²) in [5.74, 6) is -0.870. The molecule has 7 nitrogen and oxygen atoms in total. The van der Waals surface area contributed by atoms with E-state index in [2.05, 4.69) is 5.32 Å². The molecule has 0 bridgehead atoms. The van der Waals surface area contributed by atoms with Crippen LogP contribution in [0.1, 0.15) is 38.7 Å². The van der Waals surface area contributed by atoms with Crippen molar-refractivity contribution in [2.45, 2.75) is 45.8 Å². The van der Waals surface area contributed by atoms with E-state index in [0.29, 0.717) is 23.4 Å². The minimum atomic E-state index is -0.971. The van der Waals surface area contributed by atoms with Crippen LogP contribution in [0.4, 0.5) is 4.79 Å². The van der Waals surface area contributed by atoms with Gasteiger partial charge >= 0.3 is 12.1 Å². The first kappa shape index (κ1) is 20.0. The highest BCUT2D eigenvalue weighted by molar-refractivity contribution is 6.31. The molecule has 142 valence electrons. The summed E-state index contributed by atoms with van der Waals surface area (Å²) in [5.41, 5.74) is -0.335. The van der Waals surface area contributed by atoms with Gasteiger partial charge in [-0.25, -0.2) is 4.79 Å². The van der Waals surface area contributed by atoms with Crippen molar-refractivity contribution < 1.29 is 24.0 Å². The van der Waals surface area contributed by atoms with Gasteiger partial charge in [-0.15, -0.1) is 0 Å². The van der Waals surface area contributed by atoms with Gasteiger partial charge in [0.15, 0.2) is 0 Å². The molecule has 1 aliphatic carbocycles. The molecule has 0 radical (unpaired) electrons. The molecule has 2 amide bonds. The van der Waals surface area contributed by atoms with Gasteiger partial charge in [0.1, 0.15) is 6.10 Å². The third kappa shape index (κ3) is 4.46. The van der Waals surface area contributed by atoms with Crippen LogP contribution < -0.4 is 5.32 Å². The first-order valence-corrected chi connectivity index (χ1v) is 8.78. The highest BCUT2D eigenvalue weighted by Crippen LogP contribution is 2.42. The van der Waals surface area contributed by atoms with Gasteiger partial charge in [0.2, 0.25) is 0 Å². The minimum absolute atomic E-state index is 0.00565. The zero-order chi connectivity index (χ0) is 19.3. The third-order valence-electron chi connectivity index (χ3n) is 4.57. The molecule has 1 fully saturated rings. The Kier molecular flexibility index (Phi) is 6.47. The Labute approximate surface area is 157 Å². The number of hydroxylamine groups is 2. The van der Waals surface area contributed by atoms with Crippen molar-refractivity contribution >= 4 is 29.6 Å². The Morgan fingerprint density at radius 3 is 2.65 bits per heavy atom. The first-order valence-electron chi connectivity index (χ1n) is 8.40. The Morgan fingerprint density at radius 1 is 1.35 bits per heavy atom. The lowest BCUT2D eigenvalue weighted by Gasteiger charge is -2.34. The summed E-state index contributed by atoms with van der Waals surface area (Å²) in [6.45, 7) is 3.03. The standard InChI is InChI=1S/C18H23ClN2O5/c1-12(22)25-15-9-6-10-18(15,2)16(23)21(26-17(24)20-3)11-13-7-4-5-8-14(13)19/h4-5,7-8,15H,6,9-11H2,1-3H3,(H,20,24). The molecule has 1 N–H and O–H groups in total. The molecule has 1 aliphatic rings. The molecule has 2 atom stereocenters. The number of esters is 1. The van der Waals surface area contributed by atoms with Crippen LogP contribution >= 0.6 is 11.6 Å². The van der Waals surface area contributed by atoms with E-state index in [1.165, 1.54) is 14.0 Å². The number of ether oxygens (including phenoxy) is 1. The Balaban J connectivity index is 2.28. The van der Waals surface area contributed by atoms with Crippen LogP contribution in [0.15, 0.2) is 24.3 Å². The van der Waals surface area contributed by atoms with Crippen molar-refractivity contribution in [2.75, 3.05) is 7.05 Å². The van der Waals surface area contributed by atoms with E-state index in [-0.39, 0.29) is 6.54 Å². The predicted octanol–water partition coefficient (Wildman–Crippen LogP) is 3.06. The van der Waals surface area contributed by atoms with Gasteiger partial charge in [-0.3, -0.25) is 9.59 Å². The number of carbonyl (C=O) groups is 3. The Morgan fingerprint density at radius 2 is 2.04 bits per heavy atom. The molecular formula is C18H23ClN2O5. The van der Waals surface area contributed by atoms with E-state index in [4.69, 9.17) is 21.2 Å². The smallest absolute Gasteiger partial charge is 0.431 e. The highest BCUT2D eigenvalue weighted by Gasteiger charge is 2.50. The second-order valence-corrected chi connectivity index (χ2v) is 6.88. The van der Waals surface area contributed by atoms with Crippen LogP contribution in [0.2, 0.25) is 5.02 Å². The molecule has 26 heavy (non-hydrogen) atoms. The normalized spacial score (nSPS) is 21.8. The largest absolute Gasteiger partial charge is 0.461 e. The molecule has 1 aromatic carbocycles. The van der Waals surface area contributed by atoms with E-state index < -0.39 is 29.5 Å².